The van der Waals surface area contributed by atoms with E-state index in [0.717, 1.165) is 11.3 Å². The SMILES string of the molecule is CC(N)=CC(=N)C1OCCc2ccsc21. The van der Waals surface area contributed by atoms with Gasteiger partial charge in [-0.25, -0.2) is 0 Å². The highest BCUT2D eigenvalue weighted by atomic mass is 32.1. The molecule has 0 aliphatic carbocycles. The van der Waals surface area contributed by atoms with E-state index >= 15 is 0 Å². The molecule has 80 valence electrons. The number of hydrogen-bond acceptors (Lipinski definition) is 4. The fraction of sp³-hybridized carbons (Fsp3) is 0.364. The Morgan fingerprint density at radius 3 is 3.27 bits per heavy atom. The Kier molecular flexibility index (Phi) is 2.88. The highest BCUT2D eigenvalue weighted by Gasteiger charge is 2.24. The summed E-state index contributed by atoms with van der Waals surface area (Å²) in [4.78, 5) is 1.16. The van der Waals surface area contributed by atoms with Gasteiger partial charge in [0.25, 0.3) is 0 Å². The van der Waals surface area contributed by atoms with E-state index in [-0.39, 0.29) is 6.10 Å². The van der Waals surface area contributed by atoms with Crippen LogP contribution in [0.4, 0.5) is 0 Å². The normalized spacial score (nSPS) is 21.1. The molecular formula is C11H14N2OS. The summed E-state index contributed by atoms with van der Waals surface area (Å²) in [5.41, 5.74) is 7.96. The predicted molar refractivity (Wildman–Crippen MR) is 62.4 cm³/mol. The standard InChI is InChI=1S/C11H14N2OS/c1-7(12)6-9(13)10-11-8(2-4-14-10)3-5-15-11/h3,5-6,10,13H,2,4,12H2,1H3. The monoisotopic (exact) mass is 222 g/mol. The van der Waals surface area contributed by atoms with E-state index in [9.17, 15) is 0 Å². The van der Waals surface area contributed by atoms with Crippen LogP contribution in [0.1, 0.15) is 23.5 Å². The summed E-state index contributed by atoms with van der Waals surface area (Å²) in [5.74, 6) is 0. The molecule has 3 nitrogen and oxygen atoms in total. The maximum Gasteiger partial charge on any atom is 0.133 e. The average Bonchev–Trinajstić information content (AvgIpc) is 2.63. The first-order valence-corrected chi connectivity index (χ1v) is 5.76. The smallest absolute Gasteiger partial charge is 0.133 e. The third kappa shape index (κ3) is 2.11. The van der Waals surface area contributed by atoms with E-state index in [2.05, 4.69) is 11.4 Å². The zero-order valence-corrected chi connectivity index (χ0v) is 9.43. The van der Waals surface area contributed by atoms with Crippen molar-refractivity contribution in [3.63, 3.8) is 0 Å². The summed E-state index contributed by atoms with van der Waals surface area (Å²) in [7, 11) is 0. The van der Waals surface area contributed by atoms with Crippen LogP contribution in [0.15, 0.2) is 23.2 Å². The topological polar surface area (TPSA) is 59.1 Å². The minimum Gasteiger partial charge on any atom is -0.402 e. The van der Waals surface area contributed by atoms with Gasteiger partial charge in [-0.1, -0.05) is 0 Å². The van der Waals surface area contributed by atoms with E-state index in [1.165, 1.54) is 5.56 Å². The zero-order chi connectivity index (χ0) is 10.8. The van der Waals surface area contributed by atoms with Crippen LogP contribution in [0.2, 0.25) is 0 Å². The lowest BCUT2D eigenvalue weighted by Gasteiger charge is -2.22. The van der Waals surface area contributed by atoms with Gasteiger partial charge in [0.05, 0.1) is 12.3 Å². The molecule has 0 spiro atoms. The summed E-state index contributed by atoms with van der Waals surface area (Å²) >= 11 is 1.65. The molecular weight excluding hydrogens is 208 g/mol. The lowest BCUT2D eigenvalue weighted by molar-refractivity contribution is 0.0908. The lowest BCUT2D eigenvalue weighted by atomic mass is 10.0. The minimum atomic E-state index is -0.216. The van der Waals surface area contributed by atoms with E-state index in [1.807, 2.05) is 0 Å². The number of fused-ring (bicyclic) bond motifs is 1. The number of ether oxygens (including phenoxy) is 1. The Morgan fingerprint density at radius 1 is 1.73 bits per heavy atom. The van der Waals surface area contributed by atoms with Crippen molar-refractivity contribution in [2.75, 3.05) is 6.61 Å². The van der Waals surface area contributed by atoms with Crippen molar-refractivity contribution in [1.29, 1.82) is 5.41 Å². The zero-order valence-electron chi connectivity index (χ0n) is 8.62. The molecule has 1 aromatic heterocycles. The fourth-order valence-electron chi connectivity index (χ4n) is 1.70. The van der Waals surface area contributed by atoms with Crippen LogP contribution in [0, 0.1) is 5.41 Å². The van der Waals surface area contributed by atoms with E-state index < -0.39 is 0 Å². The van der Waals surface area contributed by atoms with Crippen LogP contribution in [0.25, 0.3) is 0 Å². The molecule has 0 bridgehead atoms. The summed E-state index contributed by atoms with van der Waals surface area (Å²) in [5, 5.41) is 9.96. The van der Waals surface area contributed by atoms with Gasteiger partial charge in [-0.15, -0.1) is 11.3 Å². The lowest BCUT2D eigenvalue weighted by Crippen LogP contribution is -2.20. The van der Waals surface area contributed by atoms with Crippen LogP contribution in [-0.2, 0) is 11.2 Å². The van der Waals surface area contributed by atoms with Gasteiger partial charge in [-0.3, -0.25) is 0 Å². The number of rotatable bonds is 2. The molecule has 1 atom stereocenters. The summed E-state index contributed by atoms with van der Waals surface area (Å²) in [6.07, 6.45) is 2.40. The van der Waals surface area contributed by atoms with Gasteiger partial charge in [0.1, 0.15) is 6.10 Å². The molecule has 2 heterocycles. The Morgan fingerprint density at radius 2 is 2.53 bits per heavy atom. The highest BCUT2D eigenvalue weighted by Crippen LogP contribution is 2.32. The molecule has 1 aliphatic heterocycles. The maximum atomic E-state index is 7.91. The first-order chi connectivity index (χ1) is 7.18. The molecule has 15 heavy (non-hydrogen) atoms. The Bertz CT molecular complexity index is 404. The first-order valence-electron chi connectivity index (χ1n) is 4.88. The summed E-state index contributed by atoms with van der Waals surface area (Å²) in [6, 6.07) is 2.11. The molecule has 0 radical (unpaired) electrons. The summed E-state index contributed by atoms with van der Waals surface area (Å²) in [6.45, 7) is 2.47. The predicted octanol–water partition coefficient (Wildman–Crippen LogP) is 2.24. The van der Waals surface area contributed by atoms with Gasteiger partial charge in [-0.05, 0) is 36.4 Å². The second-order valence-corrected chi connectivity index (χ2v) is 4.60. The van der Waals surface area contributed by atoms with E-state index in [1.54, 1.807) is 24.3 Å². The Balaban J connectivity index is 2.26. The molecule has 0 aromatic carbocycles. The van der Waals surface area contributed by atoms with Crippen molar-refractivity contribution in [2.45, 2.75) is 19.4 Å². The summed E-state index contributed by atoms with van der Waals surface area (Å²) < 4.78 is 5.61. The largest absolute Gasteiger partial charge is 0.402 e. The van der Waals surface area contributed by atoms with Gasteiger partial charge < -0.3 is 15.9 Å². The number of nitrogens with one attached hydrogen (secondary N) is 1. The van der Waals surface area contributed by atoms with Crippen molar-refractivity contribution >= 4 is 17.0 Å². The second kappa shape index (κ2) is 4.16. The number of allylic oxidation sites excluding steroid dienone is 1. The van der Waals surface area contributed by atoms with Crippen molar-refractivity contribution < 1.29 is 4.74 Å². The van der Waals surface area contributed by atoms with Crippen LogP contribution >= 0.6 is 11.3 Å². The average molecular weight is 222 g/mol. The van der Waals surface area contributed by atoms with E-state index in [4.69, 9.17) is 15.9 Å². The molecule has 0 saturated carbocycles. The first kappa shape index (κ1) is 10.4. The molecule has 0 fully saturated rings. The third-order valence-electron chi connectivity index (χ3n) is 2.34. The maximum absolute atomic E-state index is 7.91. The van der Waals surface area contributed by atoms with Crippen molar-refractivity contribution in [3.05, 3.63) is 33.7 Å². The molecule has 0 amide bonds. The second-order valence-electron chi connectivity index (χ2n) is 3.65. The molecule has 2 rings (SSSR count). The van der Waals surface area contributed by atoms with Crippen LogP contribution in [0.3, 0.4) is 0 Å². The van der Waals surface area contributed by atoms with Gasteiger partial charge in [-0.2, -0.15) is 0 Å². The third-order valence-corrected chi connectivity index (χ3v) is 3.34. The van der Waals surface area contributed by atoms with Crippen molar-refractivity contribution in [2.24, 2.45) is 5.73 Å². The van der Waals surface area contributed by atoms with Crippen molar-refractivity contribution in [3.8, 4) is 0 Å². The minimum absolute atomic E-state index is 0.216. The van der Waals surface area contributed by atoms with Crippen molar-refractivity contribution in [1.82, 2.24) is 0 Å². The molecule has 1 unspecified atom stereocenters. The number of hydrogen-bond donors (Lipinski definition) is 2. The Labute approximate surface area is 93.1 Å². The van der Waals surface area contributed by atoms with Gasteiger partial charge >= 0.3 is 0 Å². The van der Waals surface area contributed by atoms with Crippen LogP contribution in [-0.4, -0.2) is 12.3 Å². The molecule has 3 N–H and O–H groups in total. The van der Waals surface area contributed by atoms with Gasteiger partial charge in [0, 0.05) is 10.6 Å². The molecule has 4 heteroatoms. The Hall–Kier alpha value is -1.13. The highest BCUT2D eigenvalue weighted by molar-refractivity contribution is 7.10. The van der Waals surface area contributed by atoms with Crippen LogP contribution in [0.5, 0.6) is 0 Å². The molecule has 1 aromatic rings. The molecule has 0 saturated heterocycles. The molecule has 1 aliphatic rings. The van der Waals surface area contributed by atoms with E-state index in [0.29, 0.717) is 18.0 Å². The van der Waals surface area contributed by atoms with Gasteiger partial charge in [0.15, 0.2) is 0 Å². The fourth-order valence-corrected chi connectivity index (χ4v) is 2.72. The van der Waals surface area contributed by atoms with Gasteiger partial charge in [0.2, 0.25) is 0 Å². The van der Waals surface area contributed by atoms with Crippen LogP contribution < -0.4 is 5.73 Å². The number of nitrogens with two attached hydrogens (primary N) is 1. The quantitative estimate of drug-likeness (QED) is 0.754. The number of thiophene rings is 1.